The zero-order chi connectivity index (χ0) is 13.5. The van der Waals surface area contributed by atoms with E-state index < -0.39 is 0 Å². The SMILES string of the molecule is CC1(c2onc(N)c2-c2cccc(Br)c2)CCCC1. The van der Waals surface area contributed by atoms with Gasteiger partial charge in [0, 0.05) is 9.89 Å². The van der Waals surface area contributed by atoms with Gasteiger partial charge in [-0.05, 0) is 30.5 Å². The molecule has 2 N–H and O–H groups in total. The van der Waals surface area contributed by atoms with Gasteiger partial charge in [0.05, 0.1) is 5.56 Å². The molecule has 4 heteroatoms. The van der Waals surface area contributed by atoms with Crippen molar-refractivity contribution in [2.24, 2.45) is 0 Å². The molecule has 2 aromatic rings. The number of benzene rings is 1. The van der Waals surface area contributed by atoms with E-state index in [1.54, 1.807) is 0 Å². The smallest absolute Gasteiger partial charge is 0.175 e. The Morgan fingerprint density at radius 1 is 1.32 bits per heavy atom. The Morgan fingerprint density at radius 2 is 2.05 bits per heavy atom. The van der Waals surface area contributed by atoms with Crippen molar-refractivity contribution in [2.75, 3.05) is 5.73 Å². The molecule has 0 unspecified atom stereocenters. The summed E-state index contributed by atoms with van der Waals surface area (Å²) in [6.07, 6.45) is 4.77. The van der Waals surface area contributed by atoms with Gasteiger partial charge in [-0.25, -0.2) is 0 Å². The van der Waals surface area contributed by atoms with Crippen molar-refractivity contribution in [3.63, 3.8) is 0 Å². The lowest BCUT2D eigenvalue weighted by atomic mass is 9.82. The first-order valence-corrected chi connectivity index (χ1v) is 7.41. The number of anilines is 1. The predicted molar refractivity (Wildman–Crippen MR) is 79.9 cm³/mol. The average molecular weight is 321 g/mol. The molecular weight excluding hydrogens is 304 g/mol. The number of hydrogen-bond acceptors (Lipinski definition) is 3. The molecule has 19 heavy (non-hydrogen) atoms. The number of rotatable bonds is 2. The Labute approximate surface area is 121 Å². The van der Waals surface area contributed by atoms with E-state index in [2.05, 4.69) is 40.1 Å². The quantitative estimate of drug-likeness (QED) is 0.885. The molecule has 3 rings (SSSR count). The van der Waals surface area contributed by atoms with Gasteiger partial charge in [0.15, 0.2) is 11.6 Å². The van der Waals surface area contributed by atoms with Gasteiger partial charge in [-0.3, -0.25) is 0 Å². The number of nitrogens with zero attached hydrogens (tertiary/aromatic N) is 1. The zero-order valence-corrected chi connectivity index (χ0v) is 12.5. The molecule has 0 radical (unpaired) electrons. The highest BCUT2D eigenvalue weighted by Crippen LogP contribution is 2.46. The first-order valence-electron chi connectivity index (χ1n) is 6.62. The molecule has 0 aliphatic heterocycles. The van der Waals surface area contributed by atoms with E-state index in [9.17, 15) is 0 Å². The summed E-state index contributed by atoms with van der Waals surface area (Å²) in [6.45, 7) is 2.25. The molecule has 1 fully saturated rings. The van der Waals surface area contributed by atoms with E-state index in [1.807, 2.05) is 12.1 Å². The first-order chi connectivity index (χ1) is 9.10. The molecule has 1 aliphatic rings. The van der Waals surface area contributed by atoms with E-state index in [0.717, 1.165) is 34.2 Å². The van der Waals surface area contributed by atoms with E-state index in [4.69, 9.17) is 10.3 Å². The largest absolute Gasteiger partial charge is 0.380 e. The van der Waals surface area contributed by atoms with Gasteiger partial charge >= 0.3 is 0 Å². The molecule has 0 bridgehead atoms. The van der Waals surface area contributed by atoms with Crippen molar-refractivity contribution in [3.8, 4) is 11.1 Å². The fraction of sp³-hybridized carbons (Fsp3) is 0.400. The normalized spacial score (nSPS) is 17.8. The van der Waals surface area contributed by atoms with Crippen LogP contribution in [0.2, 0.25) is 0 Å². The van der Waals surface area contributed by atoms with Crippen molar-refractivity contribution in [1.29, 1.82) is 0 Å². The lowest BCUT2D eigenvalue weighted by molar-refractivity contribution is 0.307. The molecule has 1 heterocycles. The van der Waals surface area contributed by atoms with Gasteiger partial charge in [0.2, 0.25) is 0 Å². The molecule has 1 aliphatic carbocycles. The van der Waals surface area contributed by atoms with Crippen LogP contribution in [-0.4, -0.2) is 5.16 Å². The van der Waals surface area contributed by atoms with Gasteiger partial charge in [-0.2, -0.15) is 0 Å². The minimum Gasteiger partial charge on any atom is -0.380 e. The Bertz CT molecular complexity index is 600. The third-order valence-corrected chi connectivity index (χ3v) is 4.58. The van der Waals surface area contributed by atoms with Crippen LogP contribution in [0.3, 0.4) is 0 Å². The molecule has 0 amide bonds. The van der Waals surface area contributed by atoms with Crippen LogP contribution in [0, 0.1) is 0 Å². The fourth-order valence-electron chi connectivity index (χ4n) is 3.02. The molecule has 0 atom stereocenters. The minimum atomic E-state index is 0.0717. The van der Waals surface area contributed by atoms with Crippen molar-refractivity contribution in [1.82, 2.24) is 5.16 Å². The van der Waals surface area contributed by atoms with Crippen LogP contribution in [0.1, 0.15) is 38.4 Å². The molecule has 1 aromatic carbocycles. The second-order valence-corrected chi connectivity index (χ2v) is 6.47. The van der Waals surface area contributed by atoms with Gasteiger partial charge in [-0.1, -0.05) is 53.0 Å². The topological polar surface area (TPSA) is 52.0 Å². The average Bonchev–Trinajstić information content (AvgIpc) is 2.97. The summed E-state index contributed by atoms with van der Waals surface area (Å²) in [5.41, 5.74) is 8.13. The monoisotopic (exact) mass is 320 g/mol. The number of hydrogen-bond donors (Lipinski definition) is 1. The third kappa shape index (κ3) is 2.18. The van der Waals surface area contributed by atoms with Crippen molar-refractivity contribution >= 4 is 21.7 Å². The highest BCUT2D eigenvalue weighted by Gasteiger charge is 2.37. The van der Waals surface area contributed by atoms with Crippen LogP contribution < -0.4 is 5.73 Å². The van der Waals surface area contributed by atoms with Gasteiger partial charge in [0.1, 0.15) is 0 Å². The van der Waals surface area contributed by atoms with Gasteiger partial charge in [-0.15, -0.1) is 0 Å². The summed E-state index contributed by atoms with van der Waals surface area (Å²) in [5.74, 6) is 1.43. The molecule has 0 saturated heterocycles. The van der Waals surface area contributed by atoms with E-state index in [1.165, 1.54) is 12.8 Å². The van der Waals surface area contributed by atoms with Crippen molar-refractivity contribution in [2.45, 2.75) is 38.0 Å². The first kappa shape index (κ1) is 12.7. The highest BCUT2D eigenvalue weighted by atomic mass is 79.9. The molecule has 0 spiro atoms. The van der Waals surface area contributed by atoms with E-state index >= 15 is 0 Å². The summed E-state index contributed by atoms with van der Waals surface area (Å²) in [5, 5.41) is 4.00. The molecular formula is C15H17BrN2O. The van der Waals surface area contributed by atoms with Crippen molar-refractivity contribution in [3.05, 3.63) is 34.5 Å². The Balaban J connectivity index is 2.13. The van der Waals surface area contributed by atoms with Crippen LogP contribution in [0.5, 0.6) is 0 Å². The lowest BCUT2D eigenvalue weighted by Crippen LogP contribution is -2.17. The lowest BCUT2D eigenvalue weighted by Gasteiger charge is -2.21. The maximum absolute atomic E-state index is 6.03. The summed E-state index contributed by atoms with van der Waals surface area (Å²) in [6, 6.07) is 8.12. The minimum absolute atomic E-state index is 0.0717. The Kier molecular flexibility index (Phi) is 3.13. The van der Waals surface area contributed by atoms with Crippen LogP contribution in [-0.2, 0) is 5.41 Å². The second-order valence-electron chi connectivity index (χ2n) is 5.55. The summed E-state index contributed by atoms with van der Waals surface area (Å²) in [7, 11) is 0. The molecule has 1 saturated carbocycles. The maximum atomic E-state index is 6.03. The summed E-state index contributed by atoms with van der Waals surface area (Å²) < 4.78 is 6.62. The van der Waals surface area contributed by atoms with Crippen LogP contribution in [0.15, 0.2) is 33.3 Å². The molecule has 1 aromatic heterocycles. The number of nitrogen functional groups attached to an aromatic ring is 1. The maximum Gasteiger partial charge on any atom is 0.175 e. The third-order valence-electron chi connectivity index (χ3n) is 4.09. The number of nitrogens with two attached hydrogens (primary N) is 1. The molecule has 100 valence electrons. The zero-order valence-electron chi connectivity index (χ0n) is 10.9. The summed E-state index contributed by atoms with van der Waals surface area (Å²) >= 11 is 3.50. The Hall–Kier alpha value is -1.29. The second kappa shape index (κ2) is 4.67. The molecule has 3 nitrogen and oxygen atoms in total. The number of halogens is 1. The van der Waals surface area contributed by atoms with Crippen molar-refractivity contribution < 1.29 is 4.52 Å². The highest BCUT2D eigenvalue weighted by molar-refractivity contribution is 9.10. The predicted octanol–water partition coefficient (Wildman–Crippen LogP) is 4.52. The fourth-order valence-corrected chi connectivity index (χ4v) is 3.42. The summed E-state index contributed by atoms with van der Waals surface area (Å²) in [4.78, 5) is 0. The van der Waals surface area contributed by atoms with Crippen LogP contribution >= 0.6 is 15.9 Å². The van der Waals surface area contributed by atoms with Gasteiger partial charge < -0.3 is 10.3 Å². The van der Waals surface area contributed by atoms with E-state index in [0.29, 0.717) is 5.82 Å². The van der Waals surface area contributed by atoms with Crippen LogP contribution in [0.4, 0.5) is 5.82 Å². The standard InChI is InChI=1S/C15H17BrN2O/c1-15(7-2-3-8-15)13-12(14(17)18-19-13)10-5-4-6-11(16)9-10/h4-6,9H,2-3,7-8H2,1H3,(H2,17,18). The van der Waals surface area contributed by atoms with Gasteiger partial charge in [0.25, 0.3) is 0 Å². The Morgan fingerprint density at radius 3 is 2.74 bits per heavy atom. The number of aromatic nitrogens is 1. The van der Waals surface area contributed by atoms with E-state index in [-0.39, 0.29) is 5.41 Å². The van der Waals surface area contributed by atoms with Crippen LogP contribution in [0.25, 0.3) is 11.1 Å².